The Balaban J connectivity index is 3.25. The number of benzene rings is 1. The van der Waals surface area contributed by atoms with Crippen LogP contribution in [0.1, 0.15) is 0 Å². The molecule has 1 aromatic carbocycles. The summed E-state index contributed by atoms with van der Waals surface area (Å²) in [7, 11) is 2.82. The third kappa shape index (κ3) is 2.75. The molecule has 7 heteroatoms. The van der Waals surface area contributed by atoms with Gasteiger partial charge in [-0.1, -0.05) is 0 Å². The predicted molar refractivity (Wildman–Crippen MR) is 60.3 cm³/mol. The molecule has 0 bridgehead atoms. The molecule has 0 saturated carbocycles. The number of hydrogen-bond acceptors (Lipinski definition) is 6. The second-order valence-corrected chi connectivity index (χ2v) is 2.99. The minimum atomic E-state index is -0.554. The Morgan fingerprint density at radius 3 is 2.47 bits per heavy atom. The molecule has 0 aliphatic heterocycles. The molecule has 0 saturated heterocycles. The Labute approximate surface area is 97.7 Å². The lowest BCUT2D eigenvalue weighted by atomic mass is 10.2. The van der Waals surface area contributed by atoms with Gasteiger partial charge in [0, 0.05) is 6.07 Å². The molecule has 0 atom stereocenters. The molecule has 0 fully saturated rings. The lowest BCUT2D eigenvalue weighted by molar-refractivity contribution is -0.384. The number of nitriles is 1. The average molecular weight is 237 g/mol. The number of rotatable bonds is 5. The average Bonchev–Trinajstić information content (AvgIpc) is 2.34. The maximum Gasteiger partial charge on any atom is 0.296 e. The van der Waals surface area contributed by atoms with Gasteiger partial charge >= 0.3 is 0 Å². The summed E-state index contributed by atoms with van der Waals surface area (Å²) in [4.78, 5) is 10.3. The van der Waals surface area contributed by atoms with E-state index in [0.717, 1.165) is 0 Å². The Morgan fingerprint density at radius 2 is 2.00 bits per heavy atom. The quantitative estimate of drug-likeness (QED) is 0.474. The molecule has 0 heterocycles. The van der Waals surface area contributed by atoms with Gasteiger partial charge in [0.05, 0.1) is 31.3 Å². The molecule has 0 spiro atoms. The van der Waals surface area contributed by atoms with Gasteiger partial charge in [-0.2, -0.15) is 5.26 Å². The van der Waals surface area contributed by atoms with Crippen molar-refractivity contribution in [2.24, 2.45) is 0 Å². The zero-order valence-electron chi connectivity index (χ0n) is 9.39. The summed E-state index contributed by atoms with van der Waals surface area (Å²) in [6.45, 7) is -0.0314. The fourth-order valence-electron chi connectivity index (χ4n) is 1.30. The van der Waals surface area contributed by atoms with Crippen molar-refractivity contribution < 1.29 is 14.4 Å². The van der Waals surface area contributed by atoms with E-state index in [2.05, 4.69) is 5.32 Å². The SMILES string of the molecule is COc1cc(NCC#N)c([N+](=O)[O-])cc1OC. The highest BCUT2D eigenvalue weighted by molar-refractivity contribution is 5.68. The summed E-state index contributed by atoms with van der Waals surface area (Å²) in [6, 6.07) is 4.52. The zero-order valence-corrected chi connectivity index (χ0v) is 9.39. The van der Waals surface area contributed by atoms with Crippen LogP contribution in [0, 0.1) is 21.4 Å². The van der Waals surface area contributed by atoms with Crippen molar-refractivity contribution in [2.45, 2.75) is 0 Å². The van der Waals surface area contributed by atoms with Crippen LogP contribution in [0.5, 0.6) is 11.5 Å². The monoisotopic (exact) mass is 237 g/mol. The van der Waals surface area contributed by atoms with Gasteiger partial charge in [-0.05, 0) is 0 Å². The molecule has 90 valence electrons. The van der Waals surface area contributed by atoms with E-state index < -0.39 is 4.92 Å². The molecule has 0 radical (unpaired) electrons. The zero-order chi connectivity index (χ0) is 12.8. The van der Waals surface area contributed by atoms with Crippen molar-refractivity contribution in [1.29, 1.82) is 5.26 Å². The van der Waals surface area contributed by atoms with Crippen LogP contribution in [0.25, 0.3) is 0 Å². The molecule has 1 rings (SSSR count). The number of nitrogens with one attached hydrogen (secondary N) is 1. The van der Waals surface area contributed by atoms with E-state index in [4.69, 9.17) is 14.7 Å². The lowest BCUT2D eigenvalue weighted by Crippen LogP contribution is -2.03. The summed E-state index contributed by atoms with van der Waals surface area (Å²) in [5, 5.41) is 21.9. The van der Waals surface area contributed by atoms with Crippen molar-refractivity contribution in [3.05, 3.63) is 22.2 Å². The molecular weight excluding hydrogens is 226 g/mol. The van der Waals surface area contributed by atoms with Gasteiger partial charge in [-0.25, -0.2) is 0 Å². The van der Waals surface area contributed by atoms with Crippen LogP contribution in [0.2, 0.25) is 0 Å². The molecule has 1 N–H and O–H groups in total. The van der Waals surface area contributed by atoms with Gasteiger partial charge in [0.2, 0.25) is 0 Å². The van der Waals surface area contributed by atoms with Crippen molar-refractivity contribution >= 4 is 11.4 Å². The minimum Gasteiger partial charge on any atom is -0.493 e. The van der Waals surface area contributed by atoms with E-state index in [9.17, 15) is 10.1 Å². The molecular formula is C10H11N3O4. The standard InChI is InChI=1S/C10H11N3O4/c1-16-9-5-7(12-4-3-11)8(13(14)15)6-10(9)17-2/h5-6,12H,4H2,1-2H3. The third-order valence-corrected chi connectivity index (χ3v) is 2.06. The highest BCUT2D eigenvalue weighted by Crippen LogP contribution is 2.37. The third-order valence-electron chi connectivity index (χ3n) is 2.06. The van der Waals surface area contributed by atoms with E-state index >= 15 is 0 Å². The molecule has 0 aliphatic carbocycles. The summed E-state index contributed by atoms with van der Waals surface area (Å²) < 4.78 is 9.99. The Morgan fingerprint density at radius 1 is 1.41 bits per heavy atom. The minimum absolute atomic E-state index is 0.0314. The smallest absolute Gasteiger partial charge is 0.296 e. The summed E-state index contributed by atoms with van der Waals surface area (Å²) in [6.07, 6.45) is 0. The van der Waals surface area contributed by atoms with Gasteiger partial charge in [0.25, 0.3) is 5.69 Å². The fraction of sp³-hybridized carbons (Fsp3) is 0.300. The van der Waals surface area contributed by atoms with Crippen LogP contribution in [-0.4, -0.2) is 25.7 Å². The van der Waals surface area contributed by atoms with Crippen molar-refractivity contribution in [1.82, 2.24) is 0 Å². The van der Waals surface area contributed by atoms with Crippen LogP contribution in [-0.2, 0) is 0 Å². The number of hydrogen-bond donors (Lipinski definition) is 1. The van der Waals surface area contributed by atoms with E-state index in [1.54, 1.807) is 0 Å². The van der Waals surface area contributed by atoms with Crippen LogP contribution >= 0.6 is 0 Å². The molecule has 0 unspecified atom stereocenters. The van der Waals surface area contributed by atoms with Crippen LogP contribution in [0.15, 0.2) is 12.1 Å². The first-order chi connectivity index (χ1) is 8.13. The number of nitro benzene ring substituents is 1. The molecule has 0 aliphatic rings. The fourth-order valence-corrected chi connectivity index (χ4v) is 1.30. The maximum atomic E-state index is 10.8. The first kappa shape index (κ1) is 12.6. The first-order valence-corrected chi connectivity index (χ1v) is 4.65. The van der Waals surface area contributed by atoms with Crippen molar-refractivity contribution in [2.75, 3.05) is 26.1 Å². The van der Waals surface area contributed by atoms with Gasteiger partial charge < -0.3 is 14.8 Å². The summed E-state index contributed by atoms with van der Waals surface area (Å²) >= 11 is 0. The van der Waals surface area contributed by atoms with E-state index in [1.807, 2.05) is 6.07 Å². The summed E-state index contributed by atoms with van der Waals surface area (Å²) in [5.41, 5.74) is 0.0482. The number of methoxy groups -OCH3 is 2. The molecule has 0 amide bonds. The topological polar surface area (TPSA) is 97.4 Å². The molecule has 1 aromatic rings. The largest absolute Gasteiger partial charge is 0.493 e. The van der Waals surface area contributed by atoms with E-state index in [0.29, 0.717) is 5.75 Å². The van der Waals surface area contributed by atoms with Crippen LogP contribution in [0.4, 0.5) is 11.4 Å². The highest BCUT2D eigenvalue weighted by Gasteiger charge is 2.19. The Hall–Kier alpha value is -2.49. The number of nitrogens with zero attached hydrogens (tertiary/aromatic N) is 2. The number of ether oxygens (including phenoxy) is 2. The number of anilines is 1. The second-order valence-electron chi connectivity index (χ2n) is 2.99. The second kappa shape index (κ2) is 5.55. The van der Waals surface area contributed by atoms with Gasteiger partial charge in [0.15, 0.2) is 11.5 Å². The van der Waals surface area contributed by atoms with Gasteiger partial charge in [-0.15, -0.1) is 0 Å². The van der Waals surface area contributed by atoms with E-state index in [1.165, 1.54) is 26.4 Å². The van der Waals surface area contributed by atoms with Gasteiger partial charge in [-0.3, -0.25) is 10.1 Å². The lowest BCUT2D eigenvalue weighted by Gasteiger charge is -2.10. The Bertz CT molecular complexity index is 467. The molecule has 7 nitrogen and oxygen atoms in total. The predicted octanol–water partition coefficient (Wildman–Crippen LogP) is 1.55. The Kier molecular flexibility index (Phi) is 4.11. The number of nitro groups is 1. The van der Waals surface area contributed by atoms with Gasteiger partial charge in [0.1, 0.15) is 12.2 Å². The van der Waals surface area contributed by atoms with Crippen molar-refractivity contribution in [3.63, 3.8) is 0 Å². The molecule has 17 heavy (non-hydrogen) atoms. The maximum absolute atomic E-state index is 10.8. The highest BCUT2D eigenvalue weighted by atomic mass is 16.6. The van der Waals surface area contributed by atoms with Crippen LogP contribution < -0.4 is 14.8 Å². The molecule has 0 aromatic heterocycles. The van der Waals surface area contributed by atoms with E-state index in [-0.39, 0.29) is 23.7 Å². The van der Waals surface area contributed by atoms with Crippen LogP contribution in [0.3, 0.4) is 0 Å². The van der Waals surface area contributed by atoms with Crippen molar-refractivity contribution in [3.8, 4) is 17.6 Å². The first-order valence-electron chi connectivity index (χ1n) is 4.65. The summed E-state index contributed by atoms with van der Waals surface area (Å²) in [5.74, 6) is 0.625. The normalized spacial score (nSPS) is 9.24.